The second-order valence-electron chi connectivity index (χ2n) is 14.1. The van der Waals surface area contributed by atoms with Crippen molar-refractivity contribution in [3.05, 3.63) is 12.2 Å². The average Bonchev–Trinajstić information content (AvgIpc) is 2.78. The molecule has 0 aromatic carbocycles. The van der Waals surface area contributed by atoms with Crippen LogP contribution in [0.25, 0.3) is 0 Å². The van der Waals surface area contributed by atoms with Gasteiger partial charge in [0.1, 0.15) is 0 Å². The molecule has 4 nitrogen and oxygen atoms in total. The molecule has 226 valence electrons. The van der Waals surface area contributed by atoms with Crippen LogP contribution in [0.15, 0.2) is 17.1 Å². The smallest absolute Gasteiger partial charge is 0.0632 e. The van der Waals surface area contributed by atoms with Crippen LogP contribution in [0, 0.1) is 10.8 Å². The number of hydrogen-bond donors (Lipinski definition) is 2. The SMILES string of the molecule is C=C(CCC(C)(C)OCCC(C)(C)C(C)=NC(C)CSC(C)C(C)SCC(C)NC(C)(N)CC)C(C)(C)C. The molecule has 0 bridgehead atoms. The largest absolute Gasteiger partial charge is 0.376 e. The zero-order valence-corrected chi connectivity index (χ0v) is 29.3. The fraction of sp³-hybridized carbons (Fsp3) is 0.906. The van der Waals surface area contributed by atoms with Crippen LogP contribution in [0.2, 0.25) is 0 Å². The highest BCUT2D eigenvalue weighted by Crippen LogP contribution is 2.32. The molecule has 0 aliphatic rings. The summed E-state index contributed by atoms with van der Waals surface area (Å²) in [5, 5.41) is 4.71. The Hall–Kier alpha value is -0.0100. The summed E-state index contributed by atoms with van der Waals surface area (Å²) in [7, 11) is 0. The van der Waals surface area contributed by atoms with Gasteiger partial charge >= 0.3 is 0 Å². The third-order valence-electron chi connectivity index (χ3n) is 7.88. The van der Waals surface area contributed by atoms with E-state index in [1.54, 1.807) is 0 Å². The fourth-order valence-electron chi connectivity index (χ4n) is 3.77. The second kappa shape index (κ2) is 16.4. The van der Waals surface area contributed by atoms with Gasteiger partial charge in [-0.3, -0.25) is 10.3 Å². The average molecular weight is 572 g/mol. The molecule has 38 heavy (non-hydrogen) atoms. The van der Waals surface area contributed by atoms with Gasteiger partial charge in [-0.15, -0.1) is 0 Å². The van der Waals surface area contributed by atoms with Crippen LogP contribution in [0.5, 0.6) is 0 Å². The predicted molar refractivity (Wildman–Crippen MR) is 178 cm³/mol. The summed E-state index contributed by atoms with van der Waals surface area (Å²) < 4.78 is 6.35. The molecule has 0 saturated heterocycles. The normalized spacial score (nSPS) is 18.6. The van der Waals surface area contributed by atoms with E-state index in [9.17, 15) is 0 Å². The minimum atomic E-state index is -0.285. The summed E-state index contributed by atoms with van der Waals surface area (Å²) in [6, 6.07) is 0.711. The van der Waals surface area contributed by atoms with Gasteiger partial charge in [0.15, 0.2) is 0 Å². The molecule has 0 saturated carbocycles. The maximum absolute atomic E-state index is 6.35. The molecular formula is C32H65N3OS2. The molecular weight excluding hydrogens is 507 g/mol. The lowest BCUT2D eigenvalue weighted by Gasteiger charge is -2.31. The summed E-state index contributed by atoms with van der Waals surface area (Å²) in [6.45, 7) is 36.3. The van der Waals surface area contributed by atoms with E-state index in [1.807, 2.05) is 23.5 Å². The third kappa shape index (κ3) is 16.3. The van der Waals surface area contributed by atoms with Crippen molar-refractivity contribution in [2.45, 2.75) is 156 Å². The molecule has 5 unspecified atom stereocenters. The Bertz CT molecular complexity index is 725. The van der Waals surface area contributed by atoms with E-state index in [0.29, 0.717) is 22.6 Å². The van der Waals surface area contributed by atoms with Gasteiger partial charge in [0.25, 0.3) is 0 Å². The molecule has 0 aliphatic heterocycles. The Labute approximate surface area is 247 Å². The van der Waals surface area contributed by atoms with E-state index in [-0.39, 0.29) is 22.1 Å². The van der Waals surface area contributed by atoms with Crippen LogP contribution < -0.4 is 11.1 Å². The van der Waals surface area contributed by atoms with Crippen molar-refractivity contribution in [2.75, 3.05) is 18.1 Å². The van der Waals surface area contributed by atoms with Crippen LogP contribution in [0.4, 0.5) is 0 Å². The van der Waals surface area contributed by atoms with Gasteiger partial charge in [-0.25, -0.2) is 0 Å². The van der Waals surface area contributed by atoms with Crippen molar-refractivity contribution in [1.29, 1.82) is 0 Å². The second-order valence-corrected chi connectivity index (χ2v) is 16.9. The zero-order valence-electron chi connectivity index (χ0n) is 27.7. The summed E-state index contributed by atoms with van der Waals surface area (Å²) in [4.78, 5) is 5.10. The van der Waals surface area contributed by atoms with E-state index in [1.165, 1.54) is 11.3 Å². The molecule has 0 radical (unpaired) electrons. The topological polar surface area (TPSA) is 59.6 Å². The predicted octanol–water partition coefficient (Wildman–Crippen LogP) is 8.74. The van der Waals surface area contributed by atoms with Gasteiger partial charge in [0.05, 0.1) is 17.3 Å². The number of nitrogens with one attached hydrogen (secondary N) is 1. The van der Waals surface area contributed by atoms with E-state index in [4.69, 9.17) is 15.5 Å². The van der Waals surface area contributed by atoms with E-state index in [0.717, 1.165) is 43.8 Å². The highest BCUT2D eigenvalue weighted by atomic mass is 32.2. The van der Waals surface area contributed by atoms with Crippen LogP contribution in [0.1, 0.15) is 123 Å². The van der Waals surface area contributed by atoms with Crippen molar-refractivity contribution in [2.24, 2.45) is 21.6 Å². The quantitative estimate of drug-likeness (QED) is 0.0922. The molecule has 0 amide bonds. The molecule has 0 heterocycles. The van der Waals surface area contributed by atoms with E-state index < -0.39 is 0 Å². The fourth-order valence-corrected chi connectivity index (χ4v) is 6.12. The number of hydrogen-bond acceptors (Lipinski definition) is 6. The minimum absolute atomic E-state index is 0.0257. The summed E-state index contributed by atoms with van der Waals surface area (Å²) in [5.74, 6) is 2.12. The molecule has 6 heteroatoms. The first kappa shape index (κ1) is 38.0. The minimum Gasteiger partial charge on any atom is -0.376 e. The van der Waals surface area contributed by atoms with Gasteiger partial charge in [-0.1, -0.05) is 67.5 Å². The van der Waals surface area contributed by atoms with Gasteiger partial charge in [0, 0.05) is 45.8 Å². The molecule has 0 rings (SSSR count). The maximum Gasteiger partial charge on any atom is 0.0632 e. The number of nitrogens with zero attached hydrogens (tertiary/aromatic N) is 1. The standard InChI is InChI=1S/C32H65N3OS2/c1-16-32(15,33)35-25(4)22-38-27(6)26(5)37-21-24(3)34-28(7)30(11,12)19-20-36-31(13,14)18-17-23(2)29(8,9)10/h24-27,35H,2,16-22,33H2,1,3-15H3. The van der Waals surface area contributed by atoms with Gasteiger partial charge in [-0.2, -0.15) is 23.5 Å². The maximum atomic E-state index is 6.35. The van der Waals surface area contributed by atoms with Gasteiger partial charge in [0.2, 0.25) is 0 Å². The Morgan fingerprint density at radius 2 is 1.45 bits per heavy atom. The summed E-state index contributed by atoms with van der Waals surface area (Å²) >= 11 is 4.08. The number of allylic oxidation sites excluding steroid dienone is 1. The van der Waals surface area contributed by atoms with Crippen molar-refractivity contribution in [3.63, 3.8) is 0 Å². The number of ether oxygens (including phenoxy) is 1. The molecule has 0 aromatic rings. The van der Waals surface area contributed by atoms with Crippen molar-refractivity contribution < 1.29 is 4.74 Å². The van der Waals surface area contributed by atoms with Crippen molar-refractivity contribution in [1.82, 2.24) is 5.32 Å². The molecule has 3 N–H and O–H groups in total. The lowest BCUT2D eigenvalue weighted by molar-refractivity contribution is -0.0305. The highest BCUT2D eigenvalue weighted by Gasteiger charge is 2.26. The van der Waals surface area contributed by atoms with Crippen LogP contribution in [-0.2, 0) is 4.74 Å². The monoisotopic (exact) mass is 571 g/mol. The van der Waals surface area contributed by atoms with Crippen molar-refractivity contribution >= 4 is 29.2 Å². The first-order valence-electron chi connectivity index (χ1n) is 14.8. The molecule has 0 spiro atoms. The molecule has 0 aromatic heterocycles. The lowest BCUT2D eigenvalue weighted by Crippen LogP contribution is -2.54. The van der Waals surface area contributed by atoms with Crippen molar-refractivity contribution in [3.8, 4) is 0 Å². The molecule has 5 atom stereocenters. The Morgan fingerprint density at radius 1 is 0.921 bits per heavy atom. The zero-order chi connectivity index (χ0) is 29.9. The lowest BCUT2D eigenvalue weighted by atomic mass is 9.83. The Balaban J connectivity index is 4.59. The Morgan fingerprint density at radius 3 is 1.95 bits per heavy atom. The van der Waals surface area contributed by atoms with Crippen LogP contribution in [-0.4, -0.2) is 57.7 Å². The number of nitrogens with two attached hydrogens (primary N) is 1. The van der Waals surface area contributed by atoms with Crippen LogP contribution in [0.3, 0.4) is 0 Å². The number of rotatable bonds is 19. The first-order chi connectivity index (χ1) is 17.1. The van der Waals surface area contributed by atoms with E-state index >= 15 is 0 Å². The summed E-state index contributed by atoms with van der Waals surface area (Å²) in [5.41, 5.74) is 8.55. The number of thioether (sulfide) groups is 2. The Kier molecular flexibility index (Phi) is 16.4. The number of aliphatic imine (C=N–C) groups is 1. The van der Waals surface area contributed by atoms with Crippen LogP contribution >= 0.6 is 23.5 Å². The third-order valence-corrected chi connectivity index (χ3v) is 11.3. The molecule has 0 aliphatic carbocycles. The molecule has 0 fully saturated rings. The summed E-state index contributed by atoms with van der Waals surface area (Å²) in [6.07, 6.45) is 3.91. The van der Waals surface area contributed by atoms with Gasteiger partial charge < -0.3 is 10.5 Å². The van der Waals surface area contributed by atoms with E-state index in [2.05, 4.69) is 109 Å². The highest BCUT2D eigenvalue weighted by molar-refractivity contribution is 8.03. The van der Waals surface area contributed by atoms with Gasteiger partial charge in [-0.05, 0) is 72.6 Å². The first-order valence-corrected chi connectivity index (χ1v) is 16.9.